The van der Waals surface area contributed by atoms with Crippen LogP contribution >= 0.6 is 0 Å². The lowest BCUT2D eigenvalue weighted by molar-refractivity contribution is -0.135. The molecule has 10 heteroatoms. The van der Waals surface area contributed by atoms with Gasteiger partial charge in [0.25, 0.3) is 5.91 Å². The van der Waals surface area contributed by atoms with Crippen molar-refractivity contribution in [2.24, 2.45) is 11.3 Å². The van der Waals surface area contributed by atoms with Gasteiger partial charge in [-0.2, -0.15) is 0 Å². The van der Waals surface area contributed by atoms with Gasteiger partial charge < -0.3 is 20.6 Å². The molecule has 1 aliphatic heterocycles. The van der Waals surface area contributed by atoms with Gasteiger partial charge in [0.05, 0.1) is 24.2 Å². The Hall–Kier alpha value is -3.37. The zero-order valence-corrected chi connectivity index (χ0v) is 22.3. The Labute approximate surface area is 228 Å². The summed E-state index contributed by atoms with van der Waals surface area (Å²) in [5.74, 6) is -0.101. The summed E-state index contributed by atoms with van der Waals surface area (Å²) in [6.45, 7) is 3.89. The Morgan fingerprint density at radius 3 is 2.67 bits per heavy atom. The van der Waals surface area contributed by atoms with E-state index in [9.17, 15) is 19.1 Å². The fourth-order valence-electron chi connectivity index (χ4n) is 5.66. The monoisotopic (exact) mass is 536 g/mol. The Kier molecular flexibility index (Phi) is 8.23. The van der Waals surface area contributed by atoms with Gasteiger partial charge in [-0.1, -0.05) is 18.2 Å². The van der Waals surface area contributed by atoms with Crippen LogP contribution in [0.1, 0.15) is 55.8 Å². The van der Waals surface area contributed by atoms with E-state index in [-0.39, 0.29) is 29.2 Å². The van der Waals surface area contributed by atoms with Crippen molar-refractivity contribution in [2.75, 3.05) is 19.6 Å². The molecule has 9 nitrogen and oxygen atoms in total. The molecule has 208 valence electrons. The summed E-state index contributed by atoms with van der Waals surface area (Å²) in [5, 5.41) is 24.2. The standard InChI is InChI=1S/C29H37FN6O3/c1-29(12-8-21(30)9-13-29)24-19-26(24)31-14-2-3-25(28(39)35-16-10-23(37)11-17-35)33-27(38)20-4-6-22(7-5-20)36-18-15-32-34-36/h4-9,12,15,18,23-26,31,37H,2-3,10-11,13-14,16-17,19H2,1H3,(H,33,38)/t24-,25+,26?,29?/m1/s1. The van der Waals surface area contributed by atoms with Gasteiger partial charge >= 0.3 is 0 Å². The van der Waals surface area contributed by atoms with Crippen LogP contribution in [0.25, 0.3) is 5.69 Å². The maximum atomic E-state index is 13.4. The van der Waals surface area contributed by atoms with Crippen LogP contribution in [-0.4, -0.2) is 74.6 Å². The minimum Gasteiger partial charge on any atom is -0.393 e. The molecule has 0 spiro atoms. The predicted molar refractivity (Wildman–Crippen MR) is 145 cm³/mol. The molecule has 1 saturated carbocycles. The molecule has 3 N–H and O–H groups in total. The highest BCUT2D eigenvalue weighted by Crippen LogP contribution is 2.50. The van der Waals surface area contributed by atoms with Crippen molar-refractivity contribution >= 4 is 11.8 Å². The molecule has 0 radical (unpaired) electrons. The molecule has 2 unspecified atom stereocenters. The molecule has 2 fully saturated rings. The second-order valence-electron chi connectivity index (χ2n) is 11.2. The molecule has 2 aliphatic carbocycles. The van der Waals surface area contributed by atoms with Gasteiger partial charge in [0.15, 0.2) is 0 Å². The van der Waals surface area contributed by atoms with Crippen LogP contribution < -0.4 is 10.6 Å². The van der Waals surface area contributed by atoms with Gasteiger partial charge in [0.2, 0.25) is 5.91 Å². The second kappa shape index (κ2) is 11.8. The van der Waals surface area contributed by atoms with Crippen molar-refractivity contribution in [3.63, 3.8) is 0 Å². The zero-order chi connectivity index (χ0) is 27.4. The Morgan fingerprint density at radius 2 is 2.00 bits per heavy atom. The number of aliphatic hydroxyl groups is 1. The number of rotatable bonds is 10. The zero-order valence-electron chi connectivity index (χ0n) is 22.3. The first kappa shape index (κ1) is 27.2. The summed E-state index contributed by atoms with van der Waals surface area (Å²) >= 11 is 0. The fourth-order valence-corrected chi connectivity index (χ4v) is 5.66. The van der Waals surface area contributed by atoms with E-state index in [1.54, 1.807) is 58.4 Å². The molecule has 2 aromatic rings. The Bertz CT molecular complexity index is 1210. The van der Waals surface area contributed by atoms with Gasteiger partial charge in [0.1, 0.15) is 11.9 Å². The van der Waals surface area contributed by atoms with Crippen molar-refractivity contribution < 1.29 is 19.1 Å². The number of piperidine rings is 1. The van der Waals surface area contributed by atoms with E-state index < -0.39 is 6.04 Å². The molecule has 1 aromatic heterocycles. The average molecular weight is 537 g/mol. The molecule has 1 saturated heterocycles. The number of halogens is 1. The first-order valence-electron chi connectivity index (χ1n) is 13.9. The van der Waals surface area contributed by atoms with Crippen LogP contribution in [0.4, 0.5) is 4.39 Å². The highest BCUT2D eigenvalue weighted by molar-refractivity contribution is 5.97. The van der Waals surface area contributed by atoms with E-state index in [0.29, 0.717) is 56.3 Å². The average Bonchev–Trinajstić information content (AvgIpc) is 3.53. The molecule has 4 atom stereocenters. The number of carbonyl (C=O) groups is 2. The van der Waals surface area contributed by atoms with Gasteiger partial charge in [-0.25, -0.2) is 9.07 Å². The number of benzene rings is 1. The quantitative estimate of drug-likeness (QED) is 0.403. The number of aromatic nitrogens is 3. The molecule has 0 bridgehead atoms. The molecular weight excluding hydrogens is 499 g/mol. The third-order valence-electron chi connectivity index (χ3n) is 8.27. The highest BCUT2D eigenvalue weighted by atomic mass is 19.1. The summed E-state index contributed by atoms with van der Waals surface area (Å²) in [6, 6.07) is 6.72. The van der Waals surface area contributed by atoms with Crippen molar-refractivity contribution in [3.05, 3.63) is 66.3 Å². The summed E-state index contributed by atoms with van der Waals surface area (Å²) in [4.78, 5) is 28.3. The first-order valence-corrected chi connectivity index (χ1v) is 13.9. The van der Waals surface area contributed by atoms with Gasteiger partial charge in [-0.15, -0.1) is 5.10 Å². The molecule has 39 heavy (non-hydrogen) atoms. The summed E-state index contributed by atoms with van der Waals surface area (Å²) in [7, 11) is 0. The summed E-state index contributed by atoms with van der Waals surface area (Å²) in [6.07, 6.45) is 12.2. The summed E-state index contributed by atoms with van der Waals surface area (Å²) in [5.41, 5.74) is 1.22. The van der Waals surface area contributed by atoms with Gasteiger partial charge in [-0.05, 0) is 92.8 Å². The second-order valence-corrected chi connectivity index (χ2v) is 11.2. The number of amides is 2. The maximum Gasteiger partial charge on any atom is 0.251 e. The number of nitrogens with zero attached hydrogens (tertiary/aromatic N) is 4. The number of nitrogens with one attached hydrogen (secondary N) is 2. The molecule has 1 aromatic carbocycles. The Balaban J connectivity index is 1.16. The topological polar surface area (TPSA) is 112 Å². The third-order valence-corrected chi connectivity index (χ3v) is 8.27. The van der Waals surface area contributed by atoms with Gasteiger partial charge in [0, 0.05) is 24.7 Å². The van der Waals surface area contributed by atoms with E-state index in [4.69, 9.17) is 0 Å². The van der Waals surface area contributed by atoms with Crippen molar-refractivity contribution in [3.8, 4) is 5.69 Å². The first-order chi connectivity index (χ1) is 18.8. The molecule has 3 aliphatic rings. The van der Waals surface area contributed by atoms with Crippen LogP contribution in [0.15, 0.2) is 60.7 Å². The molecule has 2 heterocycles. The van der Waals surface area contributed by atoms with Crippen molar-refractivity contribution in [1.29, 1.82) is 0 Å². The lowest BCUT2D eigenvalue weighted by atomic mass is 9.78. The SMILES string of the molecule is CC1([C@@H]2CC2NCCC[C@H](NC(=O)c2ccc(-n3ccnn3)cc2)C(=O)N2CCC(O)CC2)C=CC(F)=CC1. The summed E-state index contributed by atoms with van der Waals surface area (Å²) < 4.78 is 15.0. The lowest BCUT2D eigenvalue weighted by Gasteiger charge is -2.32. The van der Waals surface area contributed by atoms with Crippen LogP contribution in [0.3, 0.4) is 0 Å². The Morgan fingerprint density at radius 1 is 1.23 bits per heavy atom. The molecule has 2 amide bonds. The minimum absolute atomic E-state index is 0.0258. The molecular formula is C29H37FN6O3. The number of likely N-dealkylation sites (tertiary alicyclic amines) is 1. The third kappa shape index (κ3) is 6.62. The van der Waals surface area contributed by atoms with Crippen LogP contribution in [-0.2, 0) is 4.79 Å². The fraction of sp³-hybridized carbons (Fsp3) is 0.517. The minimum atomic E-state index is -0.647. The van der Waals surface area contributed by atoms with Crippen molar-refractivity contribution in [1.82, 2.24) is 30.5 Å². The van der Waals surface area contributed by atoms with Crippen LogP contribution in [0, 0.1) is 11.3 Å². The number of hydrogen-bond acceptors (Lipinski definition) is 6. The number of allylic oxidation sites excluding steroid dienone is 4. The highest BCUT2D eigenvalue weighted by Gasteiger charge is 2.48. The number of aliphatic hydroxyl groups excluding tert-OH is 1. The maximum absolute atomic E-state index is 13.4. The van der Waals surface area contributed by atoms with E-state index >= 15 is 0 Å². The normalized spacial score (nSPS) is 25.7. The smallest absolute Gasteiger partial charge is 0.251 e. The van der Waals surface area contributed by atoms with Crippen LogP contribution in [0.2, 0.25) is 0 Å². The van der Waals surface area contributed by atoms with Gasteiger partial charge in [-0.3, -0.25) is 9.59 Å². The van der Waals surface area contributed by atoms with E-state index in [1.807, 2.05) is 6.08 Å². The van der Waals surface area contributed by atoms with E-state index in [0.717, 1.165) is 25.1 Å². The van der Waals surface area contributed by atoms with E-state index in [1.165, 1.54) is 0 Å². The van der Waals surface area contributed by atoms with Crippen LogP contribution in [0.5, 0.6) is 0 Å². The van der Waals surface area contributed by atoms with Crippen molar-refractivity contribution in [2.45, 2.75) is 63.6 Å². The number of hydrogen-bond donors (Lipinski definition) is 3. The number of carbonyl (C=O) groups excluding carboxylic acids is 2. The van der Waals surface area contributed by atoms with E-state index in [2.05, 4.69) is 27.9 Å². The largest absolute Gasteiger partial charge is 0.393 e. The molecule has 5 rings (SSSR count). The lowest BCUT2D eigenvalue weighted by Crippen LogP contribution is -2.51. The predicted octanol–water partition coefficient (Wildman–Crippen LogP) is 2.93.